The standard InChI is InChI=1S/C10H14N6O4/c11-4-3(1-17)20-9(6(4)18)16-2-13-5-7(16)14-10(12)15-8(5)19/h2-6,9,17-18H,1,11H2,(H2,12,15,19)/t3-,4-,5?,6-,9-/m1/s1. The van der Waals surface area contributed by atoms with Gasteiger partial charge in [-0.2, -0.15) is 4.99 Å². The Bertz CT molecular complexity index is 520. The van der Waals surface area contributed by atoms with Crippen molar-refractivity contribution in [1.82, 2.24) is 10.2 Å². The van der Waals surface area contributed by atoms with Gasteiger partial charge in [-0.3, -0.25) is 25.4 Å². The average molecular weight is 282 g/mol. The first-order chi connectivity index (χ1) is 9.52. The number of aliphatic hydroxyl groups excluding tert-OH is 2. The number of hydrogen-bond donors (Lipinski definition) is 5. The number of rotatable bonds is 2. The number of nitrogens with zero attached hydrogens (tertiary/aromatic N) is 3. The van der Waals surface area contributed by atoms with Crippen LogP contribution in [-0.4, -0.2) is 76.3 Å². The third-order valence-corrected chi connectivity index (χ3v) is 3.45. The normalized spacial score (nSPS) is 39.9. The Morgan fingerprint density at radius 3 is 3.00 bits per heavy atom. The van der Waals surface area contributed by atoms with E-state index in [1.165, 1.54) is 11.2 Å². The molecule has 1 amide bonds. The highest BCUT2D eigenvalue weighted by Gasteiger charge is 2.48. The number of ether oxygens (including phenoxy) is 1. The van der Waals surface area contributed by atoms with Crippen LogP contribution < -0.4 is 11.1 Å². The number of aliphatic hydroxyl groups is 2. The van der Waals surface area contributed by atoms with Gasteiger partial charge in [0, 0.05) is 0 Å². The van der Waals surface area contributed by atoms with Gasteiger partial charge >= 0.3 is 0 Å². The zero-order valence-electron chi connectivity index (χ0n) is 10.3. The third-order valence-electron chi connectivity index (χ3n) is 3.45. The zero-order chi connectivity index (χ0) is 14.4. The van der Waals surface area contributed by atoms with Gasteiger partial charge in [-0.05, 0) is 0 Å². The Kier molecular flexibility index (Phi) is 3.01. The first kappa shape index (κ1) is 13.1. The molecule has 3 heterocycles. The summed E-state index contributed by atoms with van der Waals surface area (Å²) in [4.78, 5) is 20.9. The summed E-state index contributed by atoms with van der Waals surface area (Å²) in [6, 6.07) is -1.61. The van der Waals surface area contributed by atoms with E-state index in [0.717, 1.165) is 0 Å². The van der Waals surface area contributed by atoms with E-state index in [9.17, 15) is 9.90 Å². The van der Waals surface area contributed by atoms with Gasteiger partial charge in [0.1, 0.15) is 12.2 Å². The highest BCUT2D eigenvalue weighted by Crippen LogP contribution is 2.25. The van der Waals surface area contributed by atoms with Crippen molar-refractivity contribution in [2.75, 3.05) is 6.61 Å². The molecule has 0 bridgehead atoms. The molecule has 0 spiro atoms. The second-order valence-electron chi connectivity index (χ2n) is 4.70. The number of fused-ring (bicyclic) bond motifs is 1. The maximum Gasteiger partial charge on any atom is 0.259 e. The minimum absolute atomic E-state index is 0.202. The molecule has 1 fully saturated rings. The maximum atomic E-state index is 11.7. The van der Waals surface area contributed by atoms with Crippen molar-refractivity contribution in [3.63, 3.8) is 0 Å². The molecular weight excluding hydrogens is 268 g/mol. The van der Waals surface area contributed by atoms with E-state index in [1.807, 2.05) is 0 Å². The first-order valence-corrected chi connectivity index (χ1v) is 6.02. The summed E-state index contributed by atoms with van der Waals surface area (Å²) in [5.74, 6) is -0.560. The summed E-state index contributed by atoms with van der Waals surface area (Å²) < 4.78 is 5.47. The van der Waals surface area contributed by atoms with Crippen LogP contribution in [0, 0.1) is 5.41 Å². The molecule has 3 aliphatic rings. The Morgan fingerprint density at radius 2 is 2.35 bits per heavy atom. The molecule has 0 aliphatic carbocycles. The number of nitrogens with two attached hydrogens (primary N) is 1. The van der Waals surface area contributed by atoms with E-state index >= 15 is 0 Å². The highest BCUT2D eigenvalue weighted by atomic mass is 16.5. The van der Waals surface area contributed by atoms with E-state index in [2.05, 4.69) is 15.3 Å². The lowest BCUT2D eigenvalue weighted by molar-refractivity contribution is -0.119. The quantitative estimate of drug-likeness (QED) is 0.355. The van der Waals surface area contributed by atoms with Gasteiger partial charge in [0.15, 0.2) is 18.1 Å². The number of aliphatic imine (C=N–C) groups is 2. The van der Waals surface area contributed by atoms with Crippen LogP contribution in [0.2, 0.25) is 0 Å². The van der Waals surface area contributed by atoms with E-state index in [0.29, 0.717) is 0 Å². The fourth-order valence-electron chi connectivity index (χ4n) is 2.39. The third kappa shape index (κ3) is 1.81. The predicted molar refractivity (Wildman–Crippen MR) is 67.2 cm³/mol. The number of carbonyl (C=O) groups excluding carboxylic acids is 1. The van der Waals surface area contributed by atoms with Gasteiger partial charge in [-0.15, -0.1) is 0 Å². The Labute approximate surface area is 113 Å². The van der Waals surface area contributed by atoms with Gasteiger partial charge in [0.25, 0.3) is 5.91 Å². The second kappa shape index (κ2) is 4.59. The van der Waals surface area contributed by atoms with Gasteiger partial charge in [0.2, 0.25) is 5.96 Å². The summed E-state index contributed by atoms with van der Waals surface area (Å²) in [7, 11) is 0. The molecule has 5 atom stereocenters. The summed E-state index contributed by atoms with van der Waals surface area (Å²) in [5, 5.41) is 28.9. The molecule has 0 radical (unpaired) electrons. The minimum atomic E-state index is -1.07. The molecule has 10 heteroatoms. The molecule has 3 rings (SSSR count). The van der Waals surface area contributed by atoms with Crippen LogP contribution in [0.4, 0.5) is 0 Å². The Morgan fingerprint density at radius 1 is 1.60 bits per heavy atom. The number of nitrogens with one attached hydrogen (secondary N) is 2. The molecule has 0 saturated carbocycles. The Hall–Kier alpha value is -1.88. The van der Waals surface area contributed by atoms with Crippen LogP contribution in [0.5, 0.6) is 0 Å². The highest BCUT2D eigenvalue weighted by molar-refractivity contribution is 6.23. The fourth-order valence-corrected chi connectivity index (χ4v) is 2.39. The van der Waals surface area contributed by atoms with Crippen LogP contribution in [0.15, 0.2) is 9.98 Å². The van der Waals surface area contributed by atoms with Crippen molar-refractivity contribution in [3.8, 4) is 0 Å². The molecular formula is C10H14N6O4. The van der Waals surface area contributed by atoms with Crippen molar-refractivity contribution in [3.05, 3.63) is 0 Å². The van der Waals surface area contributed by atoms with Crippen LogP contribution in [-0.2, 0) is 9.53 Å². The van der Waals surface area contributed by atoms with E-state index in [1.54, 1.807) is 0 Å². The second-order valence-corrected chi connectivity index (χ2v) is 4.70. The monoisotopic (exact) mass is 282 g/mol. The van der Waals surface area contributed by atoms with Crippen molar-refractivity contribution in [1.29, 1.82) is 5.41 Å². The van der Waals surface area contributed by atoms with E-state index in [4.69, 9.17) is 21.0 Å². The fraction of sp³-hybridized carbons (Fsp3) is 0.600. The van der Waals surface area contributed by atoms with Crippen LogP contribution in [0.25, 0.3) is 0 Å². The van der Waals surface area contributed by atoms with Crippen molar-refractivity contribution in [2.24, 2.45) is 15.7 Å². The number of amides is 1. The lowest BCUT2D eigenvalue weighted by Crippen LogP contribution is -2.53. The number of guanidine groups is 1. The minimum Gasteiger partial charge on any atom is -0.394 e. The molecule has 20 heavy (non-hydrogen) atoms. The lowest BCUT2D eigenvalue weighted by atomic mass is 10.1. The SMILES string of the molecule is N=C1N=C2C(N=CN2[C@@H]2O[C@H](CO)[C@@H](N)[C@H]2O)C(=O)N1. The maximum absolute atomic E-state index is 11.7. The van der Waals surface area contributed by atoms with Crippen molar-refractivity contribution >= 4 is 24.0 Å². The smallest absolute Gasteiger partial charge is 0.259 e. The topological polar surface area (TPSA) is 157 Å². The molecule has 1 saturated heterocycles. The molecule has 0 aromatic carbocycles. The van der Waals surface area contributed by atoms with Crippen LogP contribution in [0.3, 0.4) is 0 Å². The Balaban J connectivity index is 1.87. The largest absolute Gasteiger partial charge is 0.394 e. The number of carbonyl (C=O) groups is 1. The lowest BCUT2D eigenvalue weighted by Gasteiger charge is -2.28. The van der Waals surface area contributed by atoms with Crippen molar-refractivity contribution in [2.45, 2.75) is 30.5 Å². The molecule has 1 unspecified atom stereocenters. The molecule has 6 N–H and O–H groups in total. The van der Waals surface area contributed by atoms with Gasteiger partial charge in [-0.1, -0.05) is 0 Å². The molecule has 0 aromatic rings. The summed E-state index contributed by atoms with van der Waals surface area (Å²) in [6.45, 7) is -0.327. The van der Waals surface area contributed by atoms with Gasteiger partial charge in [-0.25, -0.2) is 0 Å². The van der Waals surface area contributed by atoms with Crippen molar-refractivity contribution < 1.29 is 19.7 Å². The summed E-state index contributed by atoms with van der Waals surface area (Å²) >= 11 is 0. The molecule has 0 aromatic heterocycles. The van der Waals surface area contributed by atoms with Crippen LogP contribution >= 0.6 is 0 Å². The number of amidine groups is 1. The number of hydrogen-bond acceptors (Lipinski definition) is 8. The first-order valence-electron chi connectivity index (χ1n) is 6.02. The summed E-state index contributed by atoms with van der Waals surface area (Å²) in [5.41, 5.74) is 5.75. The average Bonchev–Trinajstić information content (AvgIpc) is 2.93. The molecule has 3 aliphatic heterocycles. The van der Waals surface area contributed by atoms with Crippen LogP contribution in [0.1, 0.15) is 0 Å². The van der Waals surface area contributed by atoms with E-state index in [-0.39, 0.29) is 18.4 Å². The van der Waals surface area contributed by atoms with Gasteiger partial charge < -0.3 is 20.7 Å². The molecule has 108 valence electrons. The van der Waals surface area contributed by atoms with Gasteiger partial charge in [0.05, 0.1) is 19.0 Å². The predicted octanol–water partition coefficient (Wildman–Crippen LogP) is -3.43. The molecule has 10 nitrogen and oxygen atoms in total. The van der Waals surface area contributed by atoms with E-state index < -0.39 is 36.4 Å². The zero-order valence-corrected chi connectivity index (χ0v) is 10.3. The summed E-state index contributed by atoms with van der Waals surface area (Å²) in [6.07, 6.45) is -1.35.